The van der Waals surface area contributed by atoms with Crippen LogP contribution in [0.3, 0.4) is 0 Å². The van der Waals surface area contributed by atoms with Crippen LogP contribution in [-0.2, 0) is 0 Å². The van der Waals surface area contributed by atoms with Gasteiger partial charge in [0.15, 0.2) is 5.84 Å². The maximum atomic E-state index is 12.6. The van der Waals surface area contributed by atoms with Crippen molar-refractivity contribution in [1.82, 2.24) is 9.80 Å². The molecule has 1 atom stereocenters. The van der Waals surface area contributed by atoms with Gasteiger partial charge in [-0.3, -0.25) is 4.79 Å². The lowest BCUT2D eigenvalue weighted by Crippen LogP contribution is -2.42. The zero-order chi connectivity index (χ0) is 15.4. The van der Waals surface area contributed by atoms with Gasteiger partial charge in [0.1, 0.15) is 0 Å². The number of hydrogen-bond donors (Lipinski definition) is 2. The van der Waals surface area contributed by atoms with E-state index in [2.05, 4.69) is 24.0 Å². The molecule has 6 nitrogen and oxygen atoms in total. The second-order valence-corrected chi connectivity index (χ2v) is 5.53. The van der Waals surface area contributed by atoms with Crippen LogP contribution in [0.1, 0.15) is 29.3 Å². The highest BCUT2D eigenvalue weighted by Crippen LogP contribution is 2.14. The van der Waals surface area contributed by atoms with Crippen LogP contribution in [0.5, 0.6) is 0 Å². The molecule has 21 heavy (non-hydrogen) atoms. The van der Waals surface area contributed by atoms with Gasteiger partial charge in [0.2, 0.25) is 0 Å². The molecule has 0 radical (unpaired) electrons. The second-order valence-electron chi connectivity index (χ2n) is 5.53. The molecule has 0 bridgehead atoms. The Hall–Kier alpha value is -2.08. The molecule has 1 heterocycles. The number of amides is 1. The minimum atomic E-state index is 0.0314. The largest absolute Gasteiger partial charge is 0.409 e. The van der Waals surface area contributed by atoms with Gasteiger partial charge in [-0.05, 0) is 39.1 Å². The van der Waals surface area contributed by atoms with Gasteiger partial charge in [-0.15, -0.1) is 0 Å². The third-order valence-electron chi connectivity index (χ3n) is 3.84. The zero-order valence-electron chi connectivity index (χ0n) is 12.5. The Labute approximate surface area is 124 Å². The summed E-state index contributed by atoms with van der Waals surface area (Å²) in [4.78, 5) is 16.8. The summed E-state index contributed by atoms with van der Waals surface area (Å²) in [6.07, 6.45) is 0.981. The monoisotopic (exact) mass is 290 g/mol. The second kappa shape index (κ2) is 6.58. The number of carbonyl (C=O) groups is 1. The number of likely N-dealkylation sites (N-methyl/N-ethyl adjacent to an activating group) is 1. The predicted octanol–water partition coefficient (Wildman–Crippen LogP) is 0.947. The molecule has 1 aliphatic rings. The molecule has 0 spiro atoms. The molecule has 1 amide bonds. The van der Waals surface area contributed by atoms with Crippen LogP contribution < -0.4 is 5.73 Å². The van der Waals surface area contributed by atoms with Gasteiger partial charge >= 0.3 is 0 Å². The molecule has 0 aliphatic carbocycles. The Balaban J connectivity index is 2.15. The molecular formula is C15H22N4O2. The molecule has 1 saturated heterocycles. The SMILES string of the molecule is CC1CN(C)CCCN1C(=O)c1ccc(/C(N)=N/O)cc1. The van der Waals surface area contributed by atoms with Gasteiger partial charge < -0.3 is 20.7 Å². The zero-order valence-corrected chi connectivity index (χ0v) is 12.5. The van der Waals surface area contributed by atoms with Crippen molar-refractivity contribution < 1.29 is 10.0 Å². The van der Waals surface area contributed by atoms with Gasteiger partial charge in [0.05, 0.1) is 0 Å². The van der Waals surface area contributed by atoms with E-state index >= 15 is 0 Å². The summed E-state index contributed by atoms with van der Waals surface area (Å²) in [5.74, 6) is 0.0719. The van der Waals surface area contributed by atoms with Crippen molar-refractivity contribution in [1.29, 1.82) is 0 Å². The summed E-state index contributed by atoms with van der Waals surface area (Å²) < 4.78 is 0. The fourth-order valence-electron chi connectivity index (χ4n) is 2.68. The van der Waals surface area contributed by atoms with E-state index in [4.69, 9.17) is 10.9 Å². The van der Waals surface area contributed by atoms with Crippen LogP contribution in [0, 0.1) is 0 Å². The molecule has 1 aromatic carbocycles. The topological polar surface area (TPSA) is 82.2 Å². The van der Waals surface area contributed by atoms with E-state index in [0.29, 0.717) is 11.1 Å². The highest BCUT2D eigenvalue weighted by molar-refractivity contribution is 5.99. The quantitative estimate of drug-likeness (QED) is 0.368. The van der Waals surface area contributed by atoms with Crippen LogP contribution >= 0.6 is 0 Å². The first kappa shape index (κ1) is 15.3. The smallest absolute Gasteiger partial charge is 0.254 e. The summed E-state index contributed by atoms with van der Waals surface area (Å²) in [6, 6.07) is 7.01. The molecule has 0 saturated carbocycles. The number of amidine groups is 1. The molecule has 3 N–H and O–H groups in total. The highest BCUT2D eigenvalue weighted by atomic mass is 16.4. The number of nitrogens with two attached hydrogens (primary N) is 1. The molecule has 1 aliphatic heterocycles. The molecule has 1 fully saturated rings. The van der Waals surface area contributed by atoms with Crippen molar-refractivity contribution in [2.24, 2.45) is 10.9 Å². The van der Waals surface area contributed by atoms with Crippen molar-refractivity contribution in [3.05, 3.63) is 35.4 Å². The highest BCUT2D eigenvalue weighted by Gasteiger charge is 2.24. The predicted molar refractivity (Wildman–Crippen MR) is 81.6 cm³/mol. The van der Waals surface area contributed by atoms with Gasteiger partial charge in [0.25, 0.3) is 5.91 Å². The van der Waals surface area contributed by atoms with E-state index in [1.807, 2.05) is 4.90 Å². The van der Waals surface area contributed by atoms with Crippen molar-refractivity contribution in [2.45, 2.75) is 19.4 Å². The fourth-order valence-corrected chi connectivity index (χ4v) is 2.68. The first-order valence-electron chi connectivity index (χ1n) is 7.10. The summed E-state index contributed by atoms with van der Waals surface area (Å²) in [7, 11) is 2.08. The Morgan fingerprint density at radius 2 is 1.90 bits per heavy atom. The van der Waals surface area contributed by atoms with Crippen LogP contribution in [-0.4, -0.2) is 59.5 Å². The van der Waals surface area contributed by atoms with Gasteiger partial charge in [0, 0.05) is 30.3 Å². The summed E-state index contributed by atoms with van der Waals surface area (Å²) in [5, 5.41) is 11.6. The minimum absolute atomic E-state index is 0.0314. The first-order chi connectivity index (χ1) is 10.0. The van der Waals surface area contributed by atoms with E-state index in [0.717, 1.165) is 26.1 Å². The van der Waals surface area contributed by atoms with E-state index in [9.17, 15) is 4.79 Å². The van der Waals surface area contributed by atoms with Crippen molar-refractivity contribution in [3.8, 4) is 0 Å². The van der Waals surface area contributed by atoms with Crippen molar-refractivity contribution in [3.63, 3.8) is 0 Å². The van der Waals surface area contributed by atoms with Crippen LogP contribution in [0.4, 0.5) is 0 Å². The van der Waals surface area contributed by atoms with E-state index in [-0.39, 0.29) is 17.8 Å². The lowest BCUT2D eigenvalue weighted by Gasteiger charge is -2.28. The molecule has 2 rings (SSSR count). The first-order valence-corrected chi connectivity index (χ1v) is 7.10. The number of rotatable bonds is 2. The van der Waals surface area contributed by atoms with Gasteiger partial charge in [-0.25, -0.2) is 0 Å². The Bertz CT molecular complexity index is 527. The summed E-state index contributed by atoms with van der Waals surface area (Å²) in [6.45, 7) is 4.74. The number of carbonyl (C=O) groups excluding carboxylic acids is 1. The lowest BCUT2D eigenvalue weighted by atomic mass is 10.1. The van der Waals surface area contributed by atoms with Crippen molar-refractivity contribution in [2.75, 3.05) is 26.7 Å². The molecule has 114 valence electrons. The number of hydrogen-bond acceptors (Lipinski definition) is 4. The Morgan fingerprint density at radius 3 is 2.52 bits per heavy atom. The molecular weight excluding hydrogens is 268 g/mol. The molecule has 6 heteroatoms. The van der Waals surface area contributed by atoms with Gasteiger partial charge in [-0.1, -0.05) is 17.3 Å². The number of oxime groups is 1. The molecule has 0 aromatic heterocycles. The van der Waals surface area contributed by atoms with E-state index in [1.165, 1.54) is 0 Å². The van der Waals surface area contributed by atoms with Gasteiger partial charge in [-0.2, -0.15) is 0 Å². The maximum Gasteiger partial charge on any atom is 0.254 e. The van der Waals surface area contributed by atoms with Crippen LogP contribution in [0.2, 0.25) is 0 Å². The number of nitrogens with zero attached hydrogens (tertiary/aromatic N) is 3. The number of benzene rings is 1. The Kier molecular flexibility index (Phi) is 4.80. The van der Waals surface area contributed by atoms with Crippen molar-refractivity contribution >= 4 is 11.7 Å². The third kappa shape index (κ3) is 3.52. The van der Waals surface area contributed by atoms with Crippen LogP contribution in [0.15, 0.2) is 29.4 Å². The molecule has 1 unspecified atom stereocenters. The standard InChI is InChI=1S/C15H22N4O2/c1-11-10-18(2)8-3-9-19(11)15(20)13-6-4-12(5-7-13)14(16)17-21/h4-7,11,21H,3,8-10H2,1-2H3,(H2,16,17). The third-order valence-corrected chi connectivity index (χ3v) is 3.84. The fraction of sp³-hybridized carbons (Fsp3) is 0.467. The van der Waals surface area contributed by atoms with E-state index < -0.39 is 0 Å². The summed E-state index contributed by atoms with van der Waals surface area (Å²) in [5.41, 5.74) is 6.74. The lowest BCUT2D eigenvalue weighted by molar-refractivity contribution is 0.0696. The van der Waals surface area contributed by atoms with Crippen LogP contribution in [0.25, 0.3) is 0 Å². The average molecular weight is 290 g/mol. The normalized spacial score (nSPS) is 21.1. The average Bonchev–Trinajstić information content (AvgIpc) is 2.66. The summed E-state index contributed by atoms with van der Waals surface area (Å²) >= 11 is 0. The Morgan fingerprint density at radius 1 is 1.29 bits per heavy atom. The maximum absolute atomic E-state index is 12.6. The van der Waals surface area contributed by atoms with E-state index in [1.54, 1.807) is 24.3 Å². The minimum Gasteiger partial charge on any atom is -0.409 e. The molecule has 1 aromatic rings.